The summed E-state index contributed by atoms with van der Waals surface area (Å²) in [4.78, 5) is 28.6. The molecule has 1 saturated heterocycles. The maximum atomic E-state index is 12.2. The van der Waals surface area contributed by atoms with Crippen LogP contribution in [0.5, 0.6) is 0 Å². The van der Waals surface area contributed by atoms with Gasteiger partial charge in [-0.05, 0) is 24.1 Å². The molecule has 2 aromatic rings. The van der Waals surface area contributed by atoms with Crippen molar-refractivity contribution in [2.45, 2.75) is 19.3 Å². The minimum absolute atomic E-state index is 0.00792. The molecule has 23 heavy (non-hydrogen) atoms. The Labute approximate surface area is 143 Å². The quantitative estimate of drug-likeness (QED) is 0.891. The van der Waals surface area contributed by atoms with Crippen LogP contribution in [0, 0.1) is 5.92 Å². The summed E-state index contributed by atoms with van der Waals surface area (Å²) in [5, 5.41) is 6.86. The van der Waals surface area contributed by atoms with Crippen LogP contribution in [0.4, 0.5) is 5.13 Å². The van der Waals surface area contributed by atoms with Crippen LogP contribution in [0.1, 0.15) is 23.3 Å². The maximum Gasteiger partial charge on any atom is 0.231 e. The summed E-state index contributed by atoms with van der Waals surface area (Å²) in [7, 11) is 0. The number of amides is 2. The lowest BCUT2D eigenvalue weighted by atomic mass is 9.98. The highest BCUT2D eigenvalue weighted by atomic mass is 35.5. The summed E-state index contributed by atoms with van der Waals surface area (Å²) in [5.74, 6) is -0.262. The van der Waals surface area contributed by atoms with Crippen LogP contribution >= 0.6 is 22.9 Å². The van der Waals surface area contributed by atoms with E-state index < -0.39 is 0 Å². The average Bonchev–Trinajstić information content (AvgIpc) is 2.97. The van der Waals surface area contributed by atoms with Crippen LogP contribution in [0.3, 0.4) is 0 Å². The summed E-state index contributed by atoms with van der Waals surface area (Å²) in [6, 6.07) is 7.67. The summed E-state index contributed by atoms with van der Waals surface area (Å²) in [6.45, 7) is 0.397. The number of piperidine rings is 1. The van der Waals surface area contributed by atoms with Crippen molar-refractivity contribution in [3.05, 3.63) is 45.9 Å². The van der Waals surface area contributed by atoms with Crippen LogP contribution in [0.25, 0.3) is 0 Å². The number of aromatic nitrogens is 1. The van der Waals surface area contributed by atoms with E-state index in [4.69, 9.17) is 11.6 Å². The van der Waals surface area contributed by atoms with E-state index in [9.17, 15) is 9.59 Å². The van der Waals surface area contributed by atoms with Gasteiger partial charge < -0.3 is 10.6 Å². The first kappa shape index (κ1) is 16.0. The molecule has 2 amide bonds. The Morgan fingerprint density at radius 2 is 2.17 bits per heavy atom. The first-order valence-electron chi connectivity index (χ1n) is 7.37. The molecule has 0 bridgehead atoms. The zero-order valence-corrected chi connectivity index (χ0v) is 13.9. The Bertz CT molecular complexity index is 704. The fourth-order valence-corrected chi connectivity index (χ4v) is 3.39. The molecule has 0 aliphatic carbocycles. The van der Waals surface area contributed by atoms with Crippen molar-refractivity contribution in [3.8, 4) is 0 Å². The van der Waals surface area contributed by atoms with Crippen molar-refractivity contribution < 1.29 is 9.59 Å². The van der Waals surface area contributed by atoms with Gasteiger partial charge in [-0.15, -0.1) is 11.3 Å². The number of hydrogen-bond donors (Lipinski definition) is 2. The number of anilines is 1. The molecule has 0 saturated carbocycles. The van der Waals surface area contributed by atoms with Crippen molar-refractivity contribution in [1.82, 2.24) is 10.3 Å². The van der Waals surface area contributed by atoms with Gasteiger partial charge in [0.1, 0.15) is 0 Å². The number of carbonyl (C=O) groups excluding carboxylic acids is 2. The Hall–Kier alpha value is -1.92. The van der Waals surface area contributed by atoms with Crippen LogP contribution in [0.2, 0.25) is 5.02 Å². The van der Waals surface area contributed by atoms with E-state index in [2.05, 4.69) is 15.6 Å². The number of halogens is 1. The minimum atomic E-state index is -0.184. The van der Waals surface area contributed by atoms with Crippen molar-refractivity contribution in [3.63, 3.8) is 0 Å². The zero-order chi connectivity index (χ0) is 16.2. The minimum Gasteiger partial charge on any atom is -0.355 e. The molecule has 5 nitrogen and oxygen atoms in total. The van der Waals surface area contributed by atoms with E-state index in [0.29, 0.717) is 29.5 Å². The van der Waals surface area contributed by atoms with E-state index in [1.807, 2.05) is 24.3 Å². The smallest absolute Gasteiger partial charge is 0.231 e. The summed E-state index contributed by atoms with van der Waals surface area (Å²) in [5.41, 5.74) is 1.14. The Morgan fingerprint density at radius 3 is 2.87 bits per heavy atom. The molecular weight excluding hydrogens is 334 g/mol. The second kappa shape index (κ2) is 7.10. The lowest BCUT2D eigenvalue weighted by molar-refractivity contribution is -0.126. The van der Waals surface area contributed by atoms with Crippen LogP contribution in [-0.4, -0.2) is 23.3 Å². The second-order valence-corrected chi connectivity index (χ2v) is 7.02. The highest BCUT2D eigenvalue weighted by Gasteiger charge is 2.24. The average molecular weight is 350 g/mol. The highest BCUT2D eigenvalue weighted by molar-refractivity contribution is 7.15. The highest BCUT2D eigenvalue weighted by Crippen LogP contribution is 2.23. The molecule has 2 heterocycles. The number of carbonyl (C=O) groups is 2. The third-order valence-electron chi connectivity index (χ3n) is 3.71. The first-order chi connectivity index (χ1) is 11.1. The molecule has 0 radical (unpaired) electrons. The Morgan fingerprint density at radius 1 is 1.39 bits per heavy atom. The van der Waals surface area contributed by atoms with E-state index in [1.165, 1.54) is 11.3 Å². The van der Waals surface area contributed by atoms with Crippen LogP contribution in [-0.2, 0) is 16.0 Å². The van der Waals surface area contributed by atoms with Gasteiger partial charge in [0.2, 0.25) is 11.8 Å². The maximum absolute atomic E-state index is 12.2. The van der Waals surface area contributed by atoms with Gasteiger partial charge in [0, 0.05) is 35.5 Å². The van der Waals surface area contributed by atoms with E-state index in [1.54, 1.807) is 6.20 Å². The summed E-state index contributed by atoms with van der Waals surface area (Å²) < 4.78 is 0. The molecule has 1 aliphatic heterocycles. The molecule has 1 fully saturated rings. The first-order valence-corrected chi connectivity index (χ1v) is 8.56. The zero-order valence-electron chi connectivity index (χ0n) is 12.3. The van der Waals surface area contributed by atoms with Gasteiger partial charge in [0.25, 0.3) is 0 Å². The molecule has 1 aromatic carbocycles. The second-order valence-electron chi connectivity index (χ2n) is 5.46. The van der Waals surface area contributed by atoms with Crippen LogP contribution < -0.4 is 10.6 Å². The summed E-state index contributed by atoms with van der Waals surface area (Å²) in [6.07, 6.45) is 3.51. The van der Waals surface area contributed by atoms with E-state index in [-0.39, 0.29) is 17.7 Å². The molecule has 3 rings (SSSR count). The van der Waals surface area contributed by atoms with Gasteiger partial charge in [0.15, 0.2) is 5.13 Å². The SMILES string of the molecule is O=C1CC[C@@H](C(=O)Nc2ncc(Cc3ccc(Cl)cc3)s2)CN1. The lowest BCUT2D eigenvalue weighted by Gasteiger charge is -2.20. The number of nitrogens with zero attached hydrogens (tertiary/aromatic N) is 1. The third kappa shape index (κ3) is 4.30. The Kier molecular flexibility index (Phi) is 4.93. The molecule has 1 aromatic heterocycles. The molecule has 0 unspecified atom stereocenters. The Balaban J connectivity index is 1.57. The fourth-order valence-electron chi connectivity index (χ4n) is 2.41. The molecule has 120 valence electrons. The van der Waals surface area contributed by atoms with Gasteiger partial charge >= 0.3 is 0 Å². The van der Waals surface area contributed by atoms with Gasteiger partial charge in [0.05, 0.1) is 5.92 Å². The number of rotatable bonds is 4. The normalized spacial score (nSPS) is 17.6. The molecular formula is C16H16ClN3O2S. The number of nitrogens with one attached hydrogen (secondary N) is 2. The summed E-state index contributed by atoms with van der Waals surface area (Å²) >= 11 is 7.34. The fraction of sp³-hybridized carbons (Fsp3) is 0.312. The molecule has 2 N–H and O–H groups in total. The molecule has 1 aliphatic rings. The standard InChI is InChI=1S/C16H16ClN3O2S/c17-12-4-1-10(2-5-12)7-13-9-19-16(23-13)20-15(22)11-3-6-14(21)18-8-11/h1-2,4-5,9,11H,3,6-8H2,(H,18,21)(H,19,20,22)/t11-/m1/s1. The number of benzene rings is 1. The van der Waals surface area contributed by atoms with Crippen molar-refractivity contribution in [1.29, 1.82) is 0 Å². The van der Waals surface area contributed by atoms with Crippen molar-refractivity contribution in [2.24, 2.45) is 5.92 Å². The van der Waals surface area contributed by atoms with Crippen LogP contribution in [0.15, 0.2) is 30.5 Å². The van der Waals surface area contributed by atoms with Gasteiger partial charge in [-0.1, -0.05) is 23.7 Å². The van der Waals surface area contributed by atoms with Gasteiger partial charge in [-0.2, -0.15) is 0 Å². The molecule has 0 spiro atoms. The van der Waals surface area contributed by atoms with Gasteiger partial charge in [-0.3, -0.25) is 9.59 Å². The van der Waals surface area contributed by atoms with Crippen molar-refractivity contribution >= 4 is 39.9 Å². The number of thiazole rings is 1. The topological polar surface area (TPSA) is 71.1 Å². The third-order valence-corrected chi connectivity index (χ3v) is 4.88. The largest absolute Gasteiger partial charge is 0.355 e. The molecule has 1 atom stereocenters. The predicted molar refractivity (Wildman–Crippen MR) is 90.7 cm³/mol. The van der Waals surface area contributed by atoms with E-state index in [0.717, 1.165) is 16.9 Å². The van der Waals surface area contributed by atoms with E-state index >= 15 is 0 Å². The predicted octanol–water partition coefficient (Wildman–Crippen LogP) is 2.85. The van der Waals surface area contributed by atoms with Crippen molar-refractivity contribution in [2.75, 3.05) is 11.9 Å². The number of hydrogen-bond acceptors (Lipinski definition) is 4. The van der Waals surface area contributed by atoms with Gasteiger partial charge in [-0.25, -0.2) is 4.98 Å². The molecule has 7 heteroatoms. The monoisotopic (exact) mass is 349 g/mol. The lowest BCUT2D eigenvalue weighted by Crippen LogP contribution is -2.40.